The highest BCUT2D eigenvalue weighted by Gasteiger charge is 2.28. The lowest BCUT2D eigenvalue weighted by atomic mass is 9.75. The Morgan fingerprint density at radius 2 is 1.80 bits per heavy atom. The van der Waals surface area contributed by atoms with E-state index in [0.29, 0.717) is 5.41 Å². The van der Waals surface area contributed by atoms with Crippen molar-refractivity contribution in [2.75, 3.05) is 19.6 Å². The van der Waals surface area contributed by atoms with E-state index >= 15 is 0 Å². The average Bonchev–Trinajstić information content (AvgIpc) is 2.17. The zero-order valence-corrected chi connectivity index (χ0v) is 10.8. The summed E-state index contributed by atoms with van der Waals surface area (Å²) in [4.78, 5) is 2.41. The average molecular weight is 213 g/mol. The van der Waals surface area contributed by atoms with Crippen molar-refractivity contribution in [2.24, 2.45) is 11.3 Å². The number of hydrogen-bond acceptors (Lipinski definition) is 2. The van der Waals surface area contributed by atoms with E-state index in [1.54, 1.807) is 0 Å². The summed E-state index contributed by atoms with van der Waals surface area (Å²) < 4.78 is 0. The number of β-amino-alcohol motifs (C(OH)–C–C–N with tert-alkyl or cyclic N) is 1. The van der Waals surface area contributed by atoms with Crippen molar-refractivity contribution in [3.8, 4) is 0 Å². The van der Waals surface area contributed by atoms with Gasteiger partial charge in [-0.05, 0) is 43.7 Å². The van der Waals surface area contributed by atoms with Crippen LogP contribution in [-0.4, -0.2) is 35.7 Å². The third kappa shape index (κ3) is 4.12. The SMILES string of the molecule is CCC(O)CN1CCC(C(C)(C)C)CC1. The van der Waals surface area contributed by atoms with Gasteiger partial charge in [0.1, 0.15) is 0 Å². The number of piperidine rings is 1. The predicted octanol–water partition coefficient (Wildman–Crippen LogP) is 2.52. The molecule has 0 radical (unpaired) electrons. The minimum Gasteiger partial charge on any atom is -0.392 e. The molecule has 1 atom stereocenters. The maximum absolute atomic E-state index is 9.59. The summed E-state index contributed by atoms with van der Waals surface area (Å²) in [5, 5.41) is 9.59. The van der Waals surface area contributed by atoms with Crippen LogP contribution in [0.2, 0.25) is 0 Å². The van der Waals surface area contributed by atoms with Crippen LogP contribution >= 0.6 is 0 Å². The Morgan fingerprint density at radius 3 is 2.20 bits per heavy atom. The second-order valence-corrected chi connectivity index (χ2v) is 6.00. The van der Waals surface area contributed by atoms with E-state index in [9.17, 15) is 5.11 Å². The molecule has 0 aliphatic carbocycles. The van der Waals surface area contributed by atoms with Gasteiger partial charge >= 0.3 is 0 Å². The highest BCUT2D eigenvalue weighted by Crippen LogP contribution is 2.34. The second kappa shape index (κ2) is 5.31. The van der Waals surface area contributed by atoms with Gasteiger partial charge in [-0.2, -0.15) is 0 Å². The van der Waals surface area contributed by atoms with Crippen LogP contribution in [0.25, 0.3) is 0 Å². The fourth-order valence-corrected chi connectivity index (χ4v) is 2.41. The molecule has 0 aromatic carbocycles. The van der Waals surface area contributed by atoms with Gasteiger partial charge in [-0.25, -0.2) is 0 Å². The van der Waals surface area contributed by atoms with Gasteiger partial charge in [0.25, 0.3) is 0 Å². The molecule has 1 aliphatic heterocycles. The van der Waals surface area contributed by atoms with Crippen LogP contribution in [-0.2, 0) is 0 Å². The van der Waals surface area contributed by atoms with Crippen molar-refractivity contribution in [1.29, 1.82) is 0 Å². The molecule has 0 spiro atoms. The normalized spacial score (nSPS) is 23.0. The molecule has 0 amide bonds. The first-order valence-electron chi connectivity index (χ1n) is 6.34. The first kappa shape index (κ1) is 13.0. The van der Waals surface area contributed by atoms with Gasteiger partial charge in [0, 0.05) is 6.54 Å². The fourth-order valence-electron chi connectivity index (χ4n) is 2.41. The van der Waals surface area contributed by atoms with Crippen LogP contribution in [0.5, 0.6) is 0 Å². The van der Waals surface area contributed by atoms with Gasteiger partial charge in [0.15, 0.2) is 0 Å². The van der Waals surface area contributed by atoms with Gasteiger partial charge in [-0.1, -0.05) is 27.7 Å². The van der Waals surface area contributed by atoms with E-state index in [0.717, 1.165) is 18.9 Å². The van der Waals surface area contributed by atoms with Crippen LogP contribution in [0, 0.1) is 11.3 Å². The summed E-state index contributed by atoms with van der Waals surface area (Å²) >= 11 is 0. The minimum atomic E-state index is -0.129. The summed E-state index contributed by atoms with van der Waals surface area (Å²) in [6.45, 7) is 12.3. The van der Waals surface area contributed by atoms with Crippen LogP contribution in [0.1, 0.15) is 47.0 Å². The highest BCUT2D eigenvalue weighted by atomic mass is 16.3. The monoisotopic (exact) mass is 213 g/mol. The van der Waals surface area contributed by atoms with Gasteiger partial charge in [-0.15, -0.1) is 0 Å². The maximum atomic E-state index is 9.59. The molecule has 1 rings (SSSR count). The van der Waals surface area contributed by atoms with Crippen LogP contribution in [0.15, 0.2) is 0 Å². The van der Waals surface area contributed by atoms with Crippen molar-refractivity contribution >= 4 is 0 Å². The highest BCUT2D eigenvalue weighted by molar-refractivity contribution is 4.81. The van der Waals surface area contributed by atoms with Crippen molar-refractivity contribution in [3.63, 3.8) is 0 Å². The Balaban J connectivity index is 2.30. The second-order valence-electron chi connectivity index (χ2n) is 6.00. The molecule has 1 unspecified atom stereocenters. The minimum absolute atomic E-state index is 0.129. The van der Waals surface area contributed by atoms with E-state index in [2.05, 4.69) is 25.7 Å². The Labute approximate surface area is 94.7 Å². The van der Waals surface area contributed by atoms with E-state index in [-0.39, 0.29) is 6.10 Å². The molecule has 1 N–H and O–H groups in total. The Morgan fingerprint density at radius 1 is 1.27 bits per heavy atom. The number of likely N-dealkylation sites (tertiary alicyclic amines) is 1. The summed E-state index contributed by atoms with van der Waals surface area (Å²) in [6.07, 6.45) is 3.33. The quantitative estimate of drug-likeness (QED) is 0.778. The molecule has 1 heterocycles. The molecule has 0 aromatic heterocycles. The summed E-state index contributed by atoms with van der Waals surface area (Å²) in [7, 11) is 0. The third-order valence-corrected chi connectivity index (χ3v) is 3.75. The van der Waals surface area contributed by atoms with E-state index in [1.165, 1.54) is 25.9 Å². The van der Waals surface area contributed by atoms with Gasteiger partial charge in [-0.3, -0.25) is 0 Å². The first-order valence-corrected chi connectivity index (χ1v) is 6.34. The fraction of sp³-hybridized carbons (Fsp3) is 1.00. The standard InChI is InChI=1S/C13H27NO/c1-5-12(15)10-14-8-6-11(7-9-14)13(2,3)4/h11-12,15H,5-10H2,1-4H3. The molecule has 15 heavy (non-hydrogen) atoms. The molecule has 2 nitrogen and oxygen atoms in total. The van der Waals surface area contributed by atoms with Crippen molar-refractivity contribution in [3.05, 3.63) is 0 Å². The molecule has 2 heteroatoms. The summed E-state index contributed by atoms with van der Waals surface area (Å²) in [6, 6.07) is 0. The Hall–Kier alpha value is -0.0800. The van der Waals surface area contributed by atoms with Crippen molar-refractivity contribution < 1.29 is 5.11 Å². The zero-order valence-electron chi connectivity index (χ0n) is 10.8. The molecule has 0 bridgehead atoms. The number of aliphatic hydroxyl groups excluding tert-OH is 1. The topological polar surface area (TPSA) is 23.5 Å². The summed E-state index contributed by atoms with van der Waals surface area (Å²) in [5.74, 6) is 0.854. The summed E-state index contributed by atoms with van der Waals surface area (Å²) in [5.41, 5.74) is 0.454. The lowest BCUT2D eigenvalue weighted by Crippen LogP contribution is -2.41. The van der Waals surface area contributed by atoms with Gasteiger partial charge in [0.2, 0.25) is 0 Å². The molecule has 1 fully saturated rings. The van der Waals surface area contributed by atoms with Gasteiger partial charge < -0.3 is 10.0 Å². The first-order chi connectivity index (χ1) is 6.93. The number of hydrogen-bond donors (Lipinski definition) is 1. The van der Waals surface area contributed by atoms with E-state index < -0.39 is 0 Å². The van der Waals surface area contributed by atoms with Gasteiger partial charge in [0.05, 0.1) is 6.10 Å². The van der Waals surface area contributed by atoms with E-state index in [1.807, 2.05) is 6.92 Å². The predicted molar refractivity (Wildman–Crippen MR) is 64.9 cm³/mol. The third-order valence-electron chi connectivity index (χ3n) is 3.75. The number of nitrogens with zero attached hydrogens (tertiary/aromatic N) is 1. The number of rotatable bonds is 3. The zero-order chi connectivity index (χ0) is 11.5. The van der Waals surface area contributed by atoms with Crippen molar-refractivity contribution in [1.82, 2.24) is 4.90 Å². The smallest absolute Gasteiger partial charge is 0.0664 e. The largest absolute Gasteiger partial charge is 0.392 e. The van der Waals surface area contributed by atoms with Crippen LogP contribution in [0.4, 0.5) is 0 Å². The Kier molecular flexibility index (Phi) is 4.60. The maximum Gasteiger partial charge on any atom is 0.0664 e. The molecular weight excluding hydrogens is 186 g/mol. The van der Waals surface area contributed by atoms with Crippen LogP contribution < -0.4 is 0 Å². The molecule has 1 saturated heterocycles. The van der Waals surface area contributed by atoms with Crippen molar-refractivity contribution in [2.45, 2.75) is 53.1 Å². The molecular formula is C13H27NO. The molecule has 0 aromatic rings. The molecule has 0 saturated carbocycles. The van der Waals surface area contributed by atoms with Crippen LogP contribution in [0.3, 0.4) is 0 Å². The molecule has 1 aliphatic rings. The number of aliphatic hydroxyl groups is 1. The molecule has 90 valence electrons. The lowest BCUT2D eigenvalue weighted by molar-refractivity contribution is 0.0641. The Bertz CT molecular complexity index is 177. The lowest BCUT2D eigenvalue weighted by Gasteiger charge is -2.39. The van der Waals surface area contributed by atoms with E-state index in [4.69, 9.17) is 0 Å².